The summed E-state index contributed by atoms with van der Waals surface area (Å²) in [5.41, 5.74) is 3.31. The number of aromatic nitrogens is 1. The van der Waals surface area contributed by atoms with Crippen molar-refractivity contribution >= 4 is 64.0 Å². The van der Waals surface area contributed by atoms with Gasteiger partial charge in [0.25, 0.3) is 5.91 Å². The Bertz CT molecular complexity index is 1060. The molecule has 0 atom stereocenters. The van der Waals surface area contributed by atoms with E-state index in [0.717, 1.165) is 35.7 Å². The molecule has 1 aliphatic heterocycles. The number of anilines is 2. The van der Waals surface area contributed by atoms with Crippen molar-refractivity contribution < 1.29 is 4.79 Å². The summed E-state index contributed by atoms with van der Waals surface area (Å²) >= 11 is 20.6. The molecule has 0 unspecified atom stereocenters. The number of benzene rings is 2. The molecule has 4 nitrogen and oxygen atoms in total. The topological polar surface area (TPSA) is 45.2 Å². The van der Waals surface area contributed by atoms with Crippen LogP contribution in [0, 0.1) is 0 Å². The van der Waals surface area contributed by atoms with Crippen molar-refractivity contribution in [3.05, 3.63) is 75.4 Å². The summed E-state index contributed by atoms with van der Waals surface area (Å²) in [6.45, 7) is 0.908. The van der Waals surface area contributed by atoms with Gasteiger partial charge in [-0.3, -0.25) is 9.78 Å². The number of halogens is 3. The summed E-state index contributed by atoms with van der Waals surface area (Å²) in [7, 11) is 0. The zero-order valence-electron chi connectivity index (χ0n) is 15.2. The lowest BCUT2D eigenvalue weighted by atomic mass is 10.1. The van der Waals surface area contributed by atoms with Crippen LogP contribution in [0.5, 0.6) is 0 Å². The third-order valence-electron chi connectivity index (χ3n) is 4.41. The molecule has 2 aromatic carbocycles. The van der Waals surface area contributed by atoms with Crippen LogP contribution < -0.4 is 9.62 Å². The van der Waals surface area contributed by atoms with Crippen LogP contribution in [-0.4, -0.2) is 23.2 Å². The lowest BCUT2D eigenvalue weighted by Crippen LogP contribution is -2.15. The minimum Gasteiger partial charge on any atom is -0.322 e. The number of amides is 1. The number of nitrogens with zero attached hydrogens (tertiary/aromatic N) is 2. The Labute approximate surface area is 188 Å². The first-order chi connectivity index (χ1) is 14.0. The zero-order valence-corrected chi connectivity index (χ0v) is 18.2. The van der Waals surface area contributed by atoms with Gasteiger partial charge in [-0.25, -0.2) is 0 Å². The maximum atomic E-state index is 13.0. The number of carbonyl (C=O) groups is 1. The first kappa shape index (κ1) is 20.4. The number of nitrogens with one attached hydrogen (secondary N) is 1. The summed E-state index contributed by atoms with van der Waals surface area (Å²) in [5, 5.41) is 3.95. The molecule has 148 valence electrons. The van der Waals surface area contributed by atoms with E-state index in [1.165, 1.54) is 0 Å². The van der Waals surface area contributed by atoms with Gasteiger partial charge in [-0.05, 0) is 60.8 Å². The molecule has 0 saturated carbocycles. The molecule has 1 N–H and O–H groups in total. The largest absolute Gasteiger partial charge is 0.322 e. The average molecular weight is 465 g/mol. The summed E-state index contributed by atoms with van der Waals surface area (Å²) in [4.78, 5) is 17.3. The molecular formula is C21H16Cl3N3OS. The molecule has 1 fully saturated rings. The second-order valence-electron chi connectivity index (χ2n) is 6.48. The van der Waals surface area contributed by atoms with Crippen LogP contribution in [0.25, 0.3) is 11.3 Å². The molecule has 0 aliphatic carbocycles. The van der Waals surface area contributed by atoms with Crippen LogP contribution in [0.2, 0.25) is 15.1 Å². The fourth-order valence-electron chi connectivity index (χ4n) is 3.08. The van der Waals surface area contributed by atoms with Gasteiger partial charge >= 0.3 is 0 Å². The Morgan fingerprint density at radius 3 is 2.69 bits per heavy atom. The summed E-state index contributed by atoms with van der Waals surface area (Å²) < 4.78 is 2.12. The Balaban J connectivity index is 1.64. The molecular weight excluding hydrogens is 449 g/mol. The van der Waals surface area contributed by atoms with Crippen molar-refractivity contribution in [1.29, 1.82) is 0 Å². The standard InChI is InChI=1S/C21H16Cl3N3OS/c22-14-8-13(19-4-1-2-5-25-19)9-15(10-14)26-21(28)17-11-16(12-18(23)20(17)24)27-6-3-7-29-27/h1-2,4-5,8-12H,3,6-7H2,(H,26,28). The number of hydrogen-bond donors (Lipinski definition) is 1. The molecule has 0 bridgehead atoms. The molecule has 2 heterocycles. The van der Waals surface area contributed by atoms with Gasteiger partial charge < -0.3 is 9.62 Å². The van der Waals surface area contributed by atoms with Gasteiger partial charge in [0.15, 0.2) is 0 Å². The van der Waals surface area contributed by atoms with Gasteiger partial charge in [-0.15, -0.1) is 0 Å². The van der Waals surface area contributed by atoms with Gasteiger partial charge in [0.05, 0.1) is 21.3 Å². The Hall–Kier alpha value is -1.92. The number of carbonyl (C=O) groups excluding carboxylic acids is 1. The van der Waals surface area contributed by atoms with Crippen LogP contribution in [-0.2, 0) is 0 Å². The molecule has 0 radical (unpaired) electrons. The van der Waals surface area contributed by atoms with Crippen LogP contribution >= 0.6 is 46.8 Å². The van der Waals surface area contributed by atoms with E-state index in [9.17, 15) is 4.79 Å². The molecule has 1 aromatic heterocycles. The molecule has 1 amide bonds. The van der Waals surface area contributed by atoms with E-state index in [4.69, 9.17) is 34.8 Å². The molecule has 8 heteroatoms. The maximum Gasteiger partial charge on any atom is 0.257 e. The number of pyridine rings is 1. The van der Waals surface area contributed by atoms with E-state index < -0.39 is 0 Å². The second kappa shape index (κ2) is 8.84. The van der Waals surface area contributed by atoms with Crippen molar-refractivity contribution in [2.75, 3.05) is 21.9 Å². The van der Waals surface area contributed by atoms with E-state index in [1.807, 2.05) is 24.3 Å². The Morgan fingerprint density at radius 1 is 1.10 bits per heavy atom. The van der Waals surface area contributed by atoms with E-state index >= 15 is 0 Å². The smallest absolute Gasteiger partial charge is 0.257 e. The fourth-order valence-corrected chi connectivity index (χ4v) is 4.71. The van der Waals surface area contributed by atoms with Crippen molar-refractivity contribution in [2.45, 2.75) is 6.42 Å². The molecule has 3 aromatic rings. The maximum absolute atomic E-state index is 13.0. The third kappa shape index (κ3) is 4.64. The molecule has 29 heavy (non-hydrogen) atoms. The highest BCUT2D eigenvalue weighted by molar-refractivity contribution is 8.00. The second-order valence-corrected chi connectivity index (χ2v) is 8.80. The predicted molar refractivity (Wildman–Crippen MR) is 124 cm³/mol. The number of rotatable bonds is 4. The molecule has 1 saturated heterocycles. The quantitative estimate of drug-likeness (QED) is 0.430. The average Bonchev–Trinajstić information content (AvgIpc) is 3.25. The van der Waals surface area contributed by atoms with Gasteiger partial charge in [0, 0.05) is 40.5 Å². The van der Waals surface area contributed by atoms with E-state index in [-0.39, 0.29) is 10.9 Å². The fraction of sp³-hybridized carbons (Fsp3) is 0.143. The number of hydrogen-bond acceptors (Lipinski definition) is 4. The minimum atomic E-state index is -0.350. The molecule has 0 spiro atoms. The normalized spacial score (nSPS) is 13.6. The van der Waals surface area contributed by atoms with E-state index in [1.54, 1.807) is 42.4 Å². The monoisotopic (exact) mass is 463 g/mol. The minimum absolute atomic E-state index is 0.226. The lowest BCUT2D eigenvalue weighted by molar-refractivity contribution is 0.102. The van der Waals surface area contributed by atoms with Crippen molar-refractivity contribution in [2.24, 2.45) is 0 Å². The van der Waals surface area contributed by atoms with Crippen LogP contribution in [0.15, 0.2) is 54.7 Å². The van der Waals surface area contributed by atoms with Crippen LogP contribution in [0.4, 0.5) is 11.4 Å². The Morgan fingerprint density at radius 2 is 1.97 bits per heavy atom. The van der Waals surface area contributed by atoms with Crippen molar-refractivity contribution in [3.63, 3.8) is 0 Å². The van der Waals surface area contributed by atoms with Crippen LogP contribution in [0.1, 0.15) is 16.8 Å². The van der Waals surface area contributed by atoms with Crippen molar-refractivity contribution in [1.82, 2.24) is 4.98 Å². The molecule has 4 rings (SSSR count). The first-order valence-electron chi connectivity index (χ1n) is 8.94. The highest BCUT2D eigenvalue weighted by Gasteiger charge is 2.20. The molecule has 1 aliphatic rings. The zero-order chi connectivity index (χ0) is 20.4. The van der Waals surface area contributed by atoms with Gasteiger partial charge in [0.1, 0.15) is 0 Å². The lowest BCUT2D eigenvalue weighted by Gasteiger charge is -2.18. The van der Waals surface area contributed by atoms with Gasteiger partial charge in [0.2, 0.25) is 0 Å². The SMILES string of the molecule is O=C(Nc1cc(Cl)cc(-c2ccccn2)c1)c1cc(N2CCCS2)cc(Cl)c1Cl. The predicted octanol–water partition coefficient (Wildman–Crippen LogP) is 6.82. The summed E-state index contributed by atoms with van der Waals surface area (Å²) in [5.74, 6) is 0.692. The van der Waals surface area contributed by atoms with Gasteiger partial charge in [-0.1, -0.05) is 40.9 Å². The van der Waals surface area contributed by atoms with E-state index in [0.29, 0.717) is 21.3 Å². The van der Waals surface area contributed by atoms with Crippen molar-refractivity contribution in [3.8, 4) is 11.3 Å². The summed E-state index contributed by atoms with van der Waals surface area (Å²) in [6.07, 6.45) is 2.80. The first-order valence-corrected chi connectivity index (χ1v) is 11.0. The third-order valence-corrected chi connectivity index (χ3v) is 6.61. The highest BCUT2D eigenvalue weighted by Crippen LogP contribution is 2.36. The van der Waals surface area contributed by atoms with Gasteiger partial charge in [-0.2, -0.15) is 0 Å². The Kier molecular flexibility index (Phi) is 6.20. The highest BCUT2D eigenvalue weighted by atomic mass is 35.5. The summed E-state index contributed by atoms with van der Waals surface area (Å²) in [6, 6.07) is 14.5. The van der Waals surface area contributed by atoms with E-state index in [2.05, 4.69) is 14.6 Å². The van der Waals surface area contributed by atoms with Crippen LogP contribution in [0.3, 0.4) is 0 Å².